The number of nitrogens with zero attached hydrogens (tertiary/aromatic N) is 4. The fourth-order valence-corrected chi connectivity index (χ4v) is 3.74. The van der Waals surface area contributed by atoms with Crippen molar-refractivity contribution in [2.45, 2.75) is 18.4 Å². The predicted molar refractivity (Wildman–Crippen MR) is 87.0 cm³/mol. The lowest BCUT2D eigenvalue weighted by Crippen LogP contribution is -2.64. The van der Waals surface area contributed by atoms with Crippen molar-refractivity contribution in [2.75, 3.05) is 46.8 Å². The van der Waals surface area contributed by atoms with Crippen LogP contribution >= 0.6 is 0 Å². The number of hydrogen-bond donors (Lipinski definition) is 2. The van der Waals surface area contributed by atoms with Gasteiger partial charge < -0.3 is 9.80 Å². The van der Waals surface area contributed by atoms with E-state index in [1.165, 1.54) is 22.9 Å². The lowest BCUT2D eigenvalue weighted by Gasteiger charge is -2.52. The molecule has 0 aliphatic carbocycles. The van der Waals surface area contributed by atoms with Crippen LogP contribution in [-0.2, 0) is 0 Å². The minimum atomic E-state index is -0.423. The second-order valence-electron chi connectivity index (χ2n) is 6.80. The predicted octanol–water partition coefficient (Wildman–Crippen LogP) is 0.601. The van der Waals surface area contributed by atoms with Crippen molar-refractivity contribution in [3.05, 3.63) is 29.6 Å². The van der Waals surface area contributed by atoms with Gasteiger partial charge in [0.2, 0.25) is 5.96 Å². The van der Waals surface area contributed by atoms with E-state index in [0.717, 1.165) is 45.6 Å². The Morgan fingerprint density at radius 3 is 2.52 bits per heavy atom. The molecule has 0 aromatic carbocycles. The Morgan fingerprint density at radius 1 is 1.13 bits per heavy atom. The van der Waals surface area contributed by atoms with Crippen molar-refractivity contribution < 1.29 is 4.39 Å². The van der Waals surface area contributed by atoms with Gasteiger partial charge in [0.25, 0.3) is 0 Å². The zero-order valence-corrected chi connectivity index (χ0v) is 13.8. The number of pyridine rings is 1. The molecular formula is C16H25FN6. The van der Waals surface area contributed by atoms with E-state index in [0.29, 0.717) is 0 Å². The summed E-state index contributed by atoms with van der Waals surface area (Å²) in [5.74, 6) is -0.232. The van der Waals surface area contributed by atoms with Crippen LogP contribution < -0.4 is 5.49 Å². The molecule has 6 nitrogen and oxygen atoms in total. The molecule has 23 heavy (non-hydrogen) atoms. The Morgan fingerprint density at radius 2 is 1.83 bits per heavy atom. The number of rotatable bonds is 0. The third-order valence-corrected chi connectivity index (χ3v) is 5.33. The molecule has 1 aromatic heterocycles. The van der Waals surface area contributed by atoms with E-state index in [-0.39, 0.29) is 17.0 Å². The molecule has 0 atom stereocenters. The molecule has 0 unspecified atom stereocenters. The first-order valence-corrected chi connectivity index (χ1v) is 8.08. The zero-order chi connectivity index (χ0) is 16.6. The van der Waals surface area contributed by atoms with Crippen LogP contribution in [0.4, 0.5) is 4.39 Å². The summed E-state index contributed by atoms with van der Waals surface area (Å²) in [4.78, 5) is 6.79. The summed E-state index contributed by atoms with van der Waals surface area (Å²) in [5.41, 5.74) is 0.311. The molecule has 2 saturated heterocycles. The number of aromatic nitrogens is 1. The van der Waals surface area contributed by atoms with Gasteiger partial charge in [-0.05, 0) is 39.1 Å². The van der Waals surface area contributed by atoms with Gasteiger partial charge in [-0.15, -0.1) is 0 Å². The van der Waals surface area contributed by atoms with E-state index in [1.807, 2.05) is 4.90 Å². The summed E-state index contributed by atoms with van der Waals surface area (Å²) in [6, 6.07) is 2.64. The van der Waals surface area contributed by atoms with Gasteiger partial charge in [-0.3, -0.25) is 20.3 Å². The molecule has 0 radical (unpaired) electrons. The number of piperidine rings is 1. The quantitative estimate of drug-likeness (QED) is 0.544. The summed E-state index contributed by atoms with van der Waals surface area (Å²) < 4.78 is 14.7. The molecule has 2 aliphatic rings. The number of nitrogens with one attached hydrogen (secondary N) is 2. The second-order valence-corrected chi connectivity index (χ2v) is 6.80. The number of hydrogen-bond acceptors (Lipinski definition) is 4. The molecule has 1 aromatic rings. The maximum Gasteiger partial charge on any atom is 0.203 e. The van der Waals surface area contributed by atoms with Crippen molar-refractivity contribution >= 4 is 5.96 Å². The van der Waals surface area contributed by atoms with E-state index in [1.54, 1.807) is 0 Å². The summed E-state index contributed by atoms with van der Waals surface area (Å²) in [5, 5.41) is 16.2. The molecule has 126 valence electrons. The molecular weight excluding hydrogens is 295 g/mol. The number of piperazine rings is 1. The third-order valence-electron chi connectivity index (χ3n) is 5.33. The van der Waals surface area contributed by atoms with Crippen LogP contribution in [0.2, 0.25) is 0 Å². The van der Waals surface area contributed by atoms with Gasteiger partial charge in [0.1, 0.15) is 11.3 Å². The highest BCUT2D eigenvalue weighted by atomic mass is 19.1. The first-order chi connectivity index (χ1) is 10.9. The topological polar surface area (TPSA) is 62.4 Å². The first kappa shape index (κ1) is 16.1. The molecule has 2 aliphatic heterocycles. The maximum absolute atomic E-state index is 13.4. The SMILES string of the molecule is CN1CCN(C)C2(CCN(C(=N)n3cc(F)ccc3=N)CC2)C1. The van der Waals surface area contributed by atoms with Crippen LogP contribution in [-0.4, -0.2) is 77.6 Å². The Kier molecular flexibility index (Phi) is 4.25. The smallest absolute Gasteiger partial charge is 0.203 e. The van der Waals surface area contributed by atoms with Crippen molar-refractivity contribution in [3.63, 3.8) is 0 Å². The van der Waals surface area contributed by atoms with Crippen LogP contribution in [0.15, 0.2) is 18.3 Å². The highest BCUT2D eigenvalue weighted by Gasteiger charge is 2.41. The molecule has 7 heteroatoms. The lowest BCUT2D eigenvalue weighted by atomic mass is 9.84. The van der Waals surface area contributed by atoms with Gasteiger partial charge in [-0.1, -0.05) is 0 Å². The minimum absolute atomic E-state index is 0.131. The van der Waals surface area contributed by atoms with Gasteiger partial charge in [0.15, 0.2) is 0 Å². The number of halogens is 1. The van der Waals surface area contributed by atoms with Crippen LogP contribution in [0.5, 0.6) is 0 Å². The Hall–Kier alpha value is -1.73. The number of likely N-dealkylation sites (tertiary alicyclic amines) is 1. The summed E-state index contributed by atoms with van der Waals surface area (Å²) in [6.07, 6.45) is 3.19. The first-order valence-electron chi connectivity index (χ1n) is 8.08. The normalized spacial score (nSPS) is 22.5. The number of likely N-dealkylation sites (N-methyl/N-ethyl adjacent to an activating group) is 2. The van der Waals surface area contributed by atoms with E-state index in [2.05, 4.69) is 23.9 Å². The standard InChI is InChI=1S/C16H25FN6/c1-20-9-10-21(2)16(12-20)5-7-22(8-6-16)15(19)23-11-13(17)3-4-14(23)18/h3-4,11,18-19H,5-10,12H2,1-2H3. The molecule has 2 fully saturated rings. The van der Waals surface area contributed by atoms with E-state index in [4.69, 9.17) is 10.8 Å². The minimum Gasteiger partial charge on any atom is -0.342 e. The monoisotopic (exact) mass is 320 g/mol. The average molecular weight is 320 g/mol. The van der Waals surface area contributed by atoms with Gasteiger partial charge >= 0.3 is 0 Å². The molecule has 2 N–H and O–H groups in total. The molecule has 0 amide bonds. The van der Waals surface area contributed by atoms with Gasteiger partial charge in [-0.2, -0.15) is 0 Å². The van der Waals surface area contributed by atoms with E-state index in [9.17, 15) is 4.39 Å². The Bertz CT molecular complexity index is 646. The van der Waals surface area contributed by atoms with Crippen LogP contribution in [0.1, 0.15) is 12.8 Å². The van der Waals surface area contributed by atoms with Crippen LogP contribution in [0.3, 0.4) is 0 Å². The highest BCUT2D eigenvalue weighted by molar-refractivity contribution is 5.79. The second kappa shape index (κ2) is 6.05. The largest absolute Gasteiger partial charge is 0.342 e. The van der Waals surface area contributed by atoms with Crippen molar-refractivity contribution in [1.29, 1.82) is 10.8 Å². The summed E-state index contributed by atoms with van der Waals surface area (Å²) in [6.45, 7) is 4.75. The average Bonchev–Trinajstić information content (AvgIpc) is 2.54. The fourth-order valence-electron chi connectivity index (χ4n) is 3.74. The molecule has 3 heterocycles. The highest BCUT2D eigenvalue weighted by Crippen LogP contribution is 2.31. The van der Waals surface area contributed by atoms with E-state index < -0.39 is 5.82 Å². The summed E-state index contributed by atoms with van der Waals surface area (Å²) in [7, 11) is 4.36. The Labute approximate surface area is 136 Å². The molecule has 0 saturated carbocycles. The third kappa shape index (κ3) is 3.03. The maximum atomic E-state index is 13.4. The lowest BCUT2D eigenvalue weighted by molar-refractivity contribution is -0.00873. The van der Waals surface area contributed by atoms with Crippen molar-refractivity contribution in [2.24, 2.45) is 0 Å². The van der Waals surface area contributed by atoms with Gasteiger partial charge in [0.05, 0.1) is 0 Å². The molecule has 3 rings (SSSR count). The molecule has 1 spiro atoms. The van der Waals surface area contributed by atoms with Crippen molar-refractivity contribution in [3.8, 4) is 0 Å². The molecule has 0 bridgehead atoms. The van der Waals surface area contributed by atoms with Crippen LogP contribution in [0, 0.1) is 16.6 Å². The fraction of sp³-hybridized carbons (Fsp3) is 0.625. The van der Waals surface area contributed by atoms with Gasteiger partial charge in [0, 0.05) is 44.5 Å². The van der Waals surface area contributed by atoms with Crippen LogP contribution in [0.25, 0.3) is 0 Å². The van der Waals surface area contributed by atoms with E-state index >= 15 is 0 Å². The van der Waals surface area contributed by atoms with Gasteiger partial charge in [-0.25, -0.2) is 4.39 Å². The Balaban J connectivity index is 1.72. The van der Waals surface area contributed by atoms with Crippen molar-refractivity contribution in [1.82, 2.24) is 19.3 Å². The summed E-state index contributed by atoms with van der Waals surface area (Å²) >= 11 is 0. The zero-order valence-electron chi connectivity index (χ0n) is 13.8.